The van der Waals surface area contributed by atoms with Crippen molar-refractivity contribution in [3.63, 3.8) is 0 Å². The van der Waals surface area contributed by atoms with Crippen LogP contribution in [0.1, 0.15) is 33.3 Å². The summed E-state index contributed by atoms with van der Waals surface area (Å²) >= 11 is 0. The molecule has 2 aliphatic heterocycles. The van der Waals surface area contributed by atoms with E-state index < -0.39 is 45.5 Å². The molecule has 11 heteroatoms. The first-order valence-electron chi connectivity index (χ1n) is 8.69. The van der Waals surface area contributed by atoms with E-state index in [1.165, 1.54) is 31.2 Å². The summed E-state index contributed by atoms with van der Waals surface area (Å²) in [7, 11) is -3.42. The summed E-state index contributed by atoms with van der Waals surface area (Å²) < 4.78 is 28.7. The number of amides is 2. The van der Waals surface area contributed by atoms with Crippen LogP contribution in [0, 0.1) is 0 Å². The van der Waals surface area contributed by atoms with Gasteiger partial charge < -0.3 is 9.57 Å². The van der Waals surface area contributed by atoms with Gasteiger partial charge in [0, 0.05) is 11.8 Å². The smallest absolute Gasteiger partial charge is 0.442 e. The van der Waals surface area contributed by atoms with Gasteiger partial charge in [0.15, 0.2) is 9.84 Å². The van der Waals surface area contributed by atoms with Crippen LogP contribution in [0.2, 0.25) is 0 Å². The highest BCUT2D eigenvalue weighted by atomic mass is 32.2. The van der Waals surface area contributed by atoms with E-state index in [0.29, 0.717) is 10.6 Å². The van der Waals surface area contributed by atoms with E-state index >= 15 is 0 Å². The molecule has 156 valence electrons. The molecular formula is C18H21N3O7S. The van der Waals surface area contributed by atoms with Crippen molar-refractivity contribution < 1.29 is 32.4 Å². The summed E-state index contributed by atoms with van der Waals surface area (Å²) in [5.74, 6) is -1.49. The Morgan fingerprint density at radius 1 is 1.21 bits per heavy atom. The molecule has 1 aromatic rings. The van der Waals surface area contributed by atoms with Crippen molar-refractivity contribution in [2.24, 2.45) is 5.10 Å². The van der Waals surface area contributed by atoms with Gasteiger partial charge in [-0.1, -0.05) is 12.1 Å². The van der Waals surface area contributed by atoms with Gasteiger partial charge in [0.25, 0.3) is 5.91 Å². The third kappa shape index (κ3) is 3.69. The zero-order valence-corrected chi connectivity index (χ0v) is 17.4. The topological polar surface area (TPSA) is 123 Å². The van der Waals surface area contributed by atoms with Crippen LogP contribution >= 0.6 is 0 Å². The molecule has 0 N–H and O–H groups in total. The lowest BCUT2D eigenvalue weighted by Gasteiger charge is -2.34. The van der Waals surface area contributed by atoms with Crippen LogP contribution in [-0.4, -0.2) is 66.1 Å². The van der Waals surface area contributed by atoms with Crippen LogP contribution < -0.4 is 0 Å². The average molecular weight is 423 g/mol. The Bertz CT molecular complexity index is 1020. The minimum absolute atomic E-state index is 0.0900. The van der Waals surface area contributed by atoms with Crippen LogP contribution in [0.4, 0.5) is 4.79 Å². The molecule has 10 nitrogen and oxygen atoms in total. The van der Waals surface area contributed by atoms with Crippen molar-refractivity contribution in [1.82, 2.24) is 10.1 Å². The Hall–Kier alpha value is -2.95. The summed E-state index contributed by atoms with van der Waals surface area (Å²) in [6.45, 7) is 5.82. The third-order valence-corrected chi connectivity index (χ3v) is 5.45. The standard InChI is InChI=1S/C18H21N3O7S/c1-17(2,3)27-16(24)21-18(4)14(19-20(15(18)23)10-13(22)28-21)11-6-8-12(9-7-11)29(5,25)26/h6-9H,10H2,1-5H3. The van der Waals surface area contributed by atoms with E-state index in [1.807, 2.05) is 0 Å². The molecule has 1 atom stereocenters. The fraction of sp³-hybridized carbons (Fsp3) is 0.444. The summed E-state index contributed by atoms with van der Waals surface area (Å²) in [5.41, 5.74) is -2.16. The molecule has 0 aromatic heterocycles. The Labute approximate surface area is 167 Å². The largest absolute Gasteiger partial charge is 0.445 e. The number of hydrogen-bond donors (Lipinski definition) is 0. The molecule has 0 radical (unpaired) electrons. The molecule has 1 fully saturated rings. The number of fused-ring (bicyclic) bond motifs is 2. The predicted molar refractivity (Wildman–Crippen MR) is 100 cm³/mol. The SMILES string of the molecule is CC(C)(C)OC(=O)N1OC(=O)CN2N=C(c3ccc(S(C)(=O)=O)cc3)C1(C)C2=O. The first-order chi connectivity index (χ1) is 13.2. The summed E-state index contributed by atoms with van der Waals surface area (Å²) in [5, 5.41) is 5.72. The van der Waals surface area contributed by atoms with Gasteiger partial charge in [0.05, 0.1) is 4.90 Å². The van der Waals surface area contributed by atoms with Gasteiger partial charge in [0.2, 0.25) is 5.54 Å². The molecule has 2 aliphatic rings. The normalized spacial score (nSPS) is 22.2. The lowest BCUT2D eigenvalue weighted by atomic mass is 9.90. The van der Waals surface area contributed by atoms with Crippen molar-refractivity contribution in [2.45, 2.75) is 43.7 Å². The maximum atomic E-state index is 13.0. The number of sulfone groups is 1. The second kappa shape index (κ2) is 6.55. The fourth-order valence-electron chi connectivity index (χ4n) is 2.97. The van der Waals surface area contributed by atoms with Gasteiger partial charge in [-0.05, 0) is 39.8 Å². The van der Waals surface area contributed by atoms with E-state index in [4.69, 9.17) is 9.57 Å². The van der Waals surface area contributed by atoms with Crippen molar-refractivity contribution in [3.8, 4) is 0 Å². The van der Waals surface area contributed by atoms with Crippen molar-refractivity contribution >= 4 is 33.5 Å². The van der Waals surface area contributed by atoms with E-state index in [1.54, 1.807) is 20.8 Å². The third-order valence-electron chi connectivity index (χ3n) is 4.33. The van der Waals surface area contributed by atoms with Crippen LogP contribution in [-0.2, 0) is 29.0 Å². The molecule has 3 rings (SSSR count). The molecule has 29 heavy (non-hydrogen) atoms. The minimum Gasteiger partial charge on any atom is -0.442 e. The van der Waals surface area contributed by atoms with Gasteiger partial charge in [-0.2, -0.15) is 5.10 Å². The molecule has 1 aromatic carbocycles. The predicted octanol–water partition coefficient (Wildman–Crippen LogP) is 1.10. The van der Waals surface area contributed by atoms with Crippen LogP contribution in [0.25, 0.3) is 0 Å². The van der Waals surface area contributed by atoms with Crippen LogP contribution in [0.5, 0.6) is 0 Å². The highest BCUT2D eigenvalue weighted by Gasteiger charge is 2.59. The summed E-state index contributed by atoms with van der Waals surface area (Å²) in [4.78, 5) is 43.0. The Balaban J connectivity index is 2.09. The molecule has 2 amide bonds. The van der Waals surface area contributed by atoms with Crippen LogP contribution in [0.15, 0.2) is 34.3 Å². The highest BCUT2D eigenvalue weighted by molar-refractivity contribution is 7.90. The van der Waals surface area contributed by atoms with Gasteiger partial charge in [-0.15, -0.1) is 5.06 Å². The maximum absolute atomic E-state index is 13.0. The highest BCUT2D eigenvalue weighted by Crippen LogP contribution is 2.34. The molecule has 2 bridgehead atoms. The molecule has 0 aliphatic carbocycles. The van der Waals surface area contributed by atoms with Gasteiger partial charge in [0.1, 0.15) is 17.9 Å². The Morgan fingerprint density at radius 2 is 1.79 bits per heavy atom. The number of nitrogens with zero attached hydrogens (tertiary/aromatic N) is 3. The van der Waals surface area contributed by atoms with Crippen molar-refractivity contribution in [1.29, 1.82) is 0 Å². The van der Waals surface area contributed by atoms with Gasteiger partial charge in [-0.25, -0.2) is 23.0 Å². The second-order valence-corrected chi connectivity index (χ2v) is 9.93. The number of hydroxylamine groups is 2. The lowest BCUT2D eigenvalue weighted by molar-refractivity contribution is -0.194. The Morgan fingerprint density at radius 3 is 2.31 bits per heavy atom. The number of benzene rings is 1. The van der Waals surface area contributed by atoms with Crippen molar-refractivity contribution in [3.05, 3.63) is 29.8 Å². The van der Waals surface area contributed by atoms with Gasteiger partial charge in [-0.3, -0.25) is 4.79 Å². The molecule has 0 saturated carbocycles. The summed E-state index contributed by atoms with van der Waals surface area (Å²) in [6, 6.07) is 5.69. The summed E-state index contributed by atoms with van der Waals surface area (Å²) in [6.07, 6.45) is 0.0536. The number of carbonyl (C=O) groups excluding carboxylic acids is 3. The molecule has 2 heterocycles. The zero-order valence-electron chi connectivity index (χ0n) is 16.6. The Kier molecular flexibility index (Phi) is 4.69. The number of hydrazone groups is 1. The van der Waals surface area contributed by atoms with E-state index in [-0.39, 0.29) is 10.6 Å². The molecule has 0 spiro atoms. The first kappa shape index (κ1) is 20.8. The molecule has 1 saturated heterocycles. The molecule has 1 unspecified atom stereocenters. The lowest BCUT2D eigenvalue weighted by Crippen LogP contribution is -2.59. The molecular weight excluding hydrogens is 402 g/mol. The van der Waals surface area contributed by atoms with Crippen molar-refractivity contribution in [2.75, 3.05) is 12.8 Å². The number of carbonyl (C=O) groups is 3. The average Bonchev–Trinajstić information content (AvgIpc) is 2.77. The number of rotatable bonds is 2. The van der Waals surface area contributed by atoms with E-state index in [0.717, 1.165) is 11.3 Å². The van der Waals surface area contributed by atoms with Gasteiger partial charge >= 0.3 is 12.1 Å². The first-order valence-corrected chi connectivity index (χ1v) is 10.6. The minimum atomic E-state index is -3.42. The monoisotopic (exact) mass is 423 g/mol. The fourth-order valence-corrected chi connectivity index (χ4v) is 3.60. The zero-order chi connectivity index (χ0) is 21.8. The van der Waals surface area contributed by atoms with E-state index in [9.17, 15) is 22.8 Å². The second-order valence-electron chi connectivity index (χ2n) is 7.92. The quantitative estimate of drug-likeness (QED) is 0.698. The maximum Gasteiger partial charge on any atom is 0.445 e. The number of hydrogen-bond acceptors (Lipinski definition) is 8. The number of ether oxygens (including phenoxy) is 1. The van der Waals surface area contributed by atoms with E-state index in [2.05, 4.69) is 5.10 Å². The van der Waals surface area contributed by atoms with Crippen LogP contribution in [0.3, 0.4) is 0 Å².